The maximum Gasteiger partial charge on any atom is 0.110 e. The molecule has 0 aliphatic heterocycles. The summed E-state index contributed by atoms with van der Waals surface area (Å²) < 4.78 is 0. The Balaban J connectivity index is 2.02. The molecule has 1 saturated carbocycles. The Morgan fingerprint density at radius 1 is 1.38 bits per heavy atom. The van der Waals surface area contributed by atoms with Crippen LogP contribution >= 0.6 is 0 Å². The Morgan fingerprint density at radius 3 is 2.94 bits per heavy atom. The highest BCUT2D eigenvalue weighted by Gasteiger charge is 2.25. The van der Waals surface area contributed by atoms with Crippen molar-refractivity contribution < 1.29 is 0 Å². The molecule has 3 N–H and O–H groups in total. The van der Waals surface area contributed by atoms with Gasteiger partial charge in [0.1, 0.15) is 5.82 Å². The number of para-hydroxylation sites is 1. The minimum absolute atomic E-state index is 0.360. The lowest BCUT2D eigenvalue weighted by atomic mass is 10.1. The molecule has 3 rings (SSSR count). The number of aromatic amines is 1. The van der Waals surface area contributed by atoms with Crippen LogP contribution in [0.4, 0.5) is 0 Å². The molecule has 16 heavy (non-hydrogen) atoms. The van der Waals surface area contributed by atoms with Crippen LogP contribution in [0.25, 0.3) is 11.0 Å². The zero-order valence-electron chi connectivity index (χ0n) is 9.53. The molecule has 1 aromatic heterocycles. The van der Waals surface area contributed by atoms with Gasteiger partial charge in [0.05, 0.1) is 11.0 Å². The van der Waals surface area contributed by atoms with Crippen molar-refractivity contribution in [3.05, 3.63) is 29.6 Å². The largest absolute Gasteiger partial charge is 0.342 e. The van der Waals surface area contributed by atoms with Gasteiger partial charge in [-0.2, -0.15) is 0 Å². The predicted octanol–water partition coefficient (Wildman–Crippen LogP) is 2.47. The summed E-state index contributed by atoms with van der Waals surface area (Å²) in [6.07, 6.45) is 3.36. The maximum absolute atomic E-state index is 5.94. The van der Waals surface area contributed by atoms with Crippen LogP contribution in [0, 0.1) is 6.92 Å². The molecule has 0 spiro atoms. The van der Waals surface area contributed by atoms with Gasteiger partial charge >= 0.3 is 0 Å². The third-order valence-corrected chi connectivity index (χ3v) is 3.59. The SMILES string of the molecule is Cc1cccc2[nH]c([C@@H]3CC[C@H](N)C3)nc12. The zero-order chi connectivity index (χ0) is 11.1. The highest BCUT2D eigenvalue weighted by atomic mass is 14.9. The quantitative estimate of drug-likeness (QED) is 0.767. The van der Waals surface area contributed by atoms with Crippen molar-refractivity contribution in [2.45, 2.75) is 38.1 Å². The number of imidazole rings is 1. The standard InChI is InChI=1S/C13H17N3/c1-8-3-2-4-11-12(8)16-13(15-11)9-5-6-10(14)7-9/h2-4,9-10H,5-7,14H2,1H3,(H,15,16)/t9-,10+/m1/s1. The molecule has 3 nitrogen and oxygen atoms in total. The molecule has 0 radical (unpaired) electrons. The normalized spacial score (nSPS) is 25.4. The van der Waals surface area contributed by atoms with Crippen LogP contribution in [0.15, 0.2) is 18.2 Å². The molecule has 1 aliphatic rings. The maximum atomic E-state index is 5.94. The lowest BCUT2D eigenvalue weighted by Gasteiger charge is -2.04. The number of benzene rings is 1. The second-order valence-electron chi connectivity index (χ2n) is 4.86. The van der Waals surface area contributed by atoms with Gasteiger partial charge in [-0.1, -0.05) is 12.1 Å². The number of aromatic nitrogens is 2. The van der Waals surface area contributed by atoms with Gasteiger partial charge in [0.15, 0.2) is 0 Å². The topological polar surface area (TPSA) is 54.7 Å². The van der Waals surface area contributed by atoms with Crippen LogP contribution in [0.1, 0.15) is 36.6 Å². The summed E-state index contributed by atoms with van der Waals surface area (Å²) in [6, 6.07) is 6.63. The number of hydrogen-bond acceptors (Lipinski definition) is 2. The summed E-state index contributed by atoms with van der Waals surface area (Å²) in [6.45, 7) is 2.10. The fourth-order valence-corrected chi connectivity index (χ4v) is 2.65. The Labute approximate surface area is 95.1 Å². The van der Waals surface area contributed by atoms with Gasteiger partial charge in [0.25, 0.3) is 0 Å². The lowest BCUT2D eigenvalue weighted by Crippen LogP contribution is -2.14. The van der Waals surface area contributed by atoms with Crippen molar-refractivity contribution in [2.75, 3.05) is 0 Å². The molecule has 2 atom stereocenters. The van der Waals surface area contributed by atoms with E-state index in [2.05, 4.69) is 30.1 Å². The van der Waals surface area contributed by atoms with E-state index in [1.807, 2.05) is 0 Å². The average Bonchev–Trinajstić information content (AvgIpc) is 2.84. The van der Waals surface area contributed by atoms with Crippen LogP contribution in [0.3, 0.4) is 0 Å². The molecule has 1 aromatic carbocycles. The van der Waals surface area contributed by atoms with E-state index in [0.717, 1.165) is 29.7 Å². The molecule has 0 saturated heterocycles. The molecule has 1 heterocycles. The Hall–Kier alpha value is -1.35. The second kappa shape index (κ2) is 3.59. The second-order valence-corrected chi connectivity index (χ2v) is 4.86. The van der Waals surface area contributed by atoms with Crippen LogP contribution in [-0.2, 0) is 0 Å². The highest BCUT2D eigenvalue weighted by Crippen LogP contribution is 2.33. The summed E-state index contributed by atoms with van der Waals surface area (Å²) in [5.41, 5.74) is 9.44. The van der Waals surface area contributed by atoms with E-state index in [0.29, 0.717) is 12.0 Å². The van der Waals surface area contributed by atoms with Crippen molar-refractivity contribution in [1.29, 1.82) is 0 Å². The number of nitrogens with two attached hydrogens (primary N) is 1. The molecule has 84 valence electrons. The van der Waals surface area contributed by atoms with E-state index in [1.54, 1.807) is 0 Å². The van der Waals surface area contributed by atoms with E-state index in [4.69, 9.17) is 10.7 Å². The molecular formula is C13H17N3. The first kappa shape index (κ1) is 9.85. The molecule has 0 amide bonds. The van der Waals surface area contributed by atoms with Crippen LogP contribution in [0.5, 0.6) is 0 Å². The van der Waals surface area contributed by atoms with Crippen molar-refractivity contribution in [1.82, 2.24) is 9.97 Å². The molecular weight excluding hydrogens is 198 g/mol. The van der Waals surface area contributed by atoms with E-state index in [9.17, 15) is 0 Å². The third kappa shape index (κ3) is 1.52. The number of H-pyrrole nitrogens is 1. The summed E-state index contributed by atoms with van der Waals surface area (Å²) in [7, 11) is 0. The minimum Gasteiger partial charge on any atom is -0.342 e. The van der Waals surface area contributed by atoms with E-state index in [-0.39, 0.29) is 0 Å². The third-order valence-electron chi connectivity index (χ3n) is 3.59. The van der Waals surface area contributed by atoms with Crippen LogP contribution in [-0.4, -0.2) is 16.0 Å². The molecule has 3 heteroatoms. The summed E-state index contributed by atoms with van der Waals surface area (Å²) in [5.74, 6) is 1.65. The predicted molar refractivity (Wildman–Crippen MR) is 65.4 cm³/mol. The zero-order valence-corrected chi connectivity index (χ0v) is 9.53. The van der Waals surface area contributed by atoms with Gasteiger partial charge < -0.3 is 10.7 Å². The van der Waals surface area contributed by atoms with Gasteiger partial charge in [-0.3, -0.25) is 0 Å². The fraction of sp³-hybridized carbons (Fsp3) is 0.462. The number of rotatable bonds is 1. The first-order valence-corrected chi connectivity index (χ1v) is 5.95. The number of fused-ring (bicyclic) bond motifs is 1. The lowest BCUT2D eigenvalue weighted by molar-refractivity contribution is 0.651. The molecule has 2 aromatic rings. The fourth-order valence-electron chi connectivity index (χ4n) is 2.65. The van der Waals surface area contributed by atoms with Gasteiger partial charge in [-0.25, -0.2) is 4.98 Å². The number of nitrogens with zero attached hydrogens (tertiary/aromatic N) is 1. The van der Waals surface area contributed by atoms with Gasteiger partial charge in [-0.05, 0) is 37.8 Å². The molecule has 0 unspecified atom stereocenters. The van der Waals surface area contributed by atoms with Crippen molar-refractivity contribution in [3.8, 4) is 0 Å². The first-order valence-electron chi connectivity index (χ1n) is 5.95. The minimum atomic E-state index is 0.360. The molecule has 1 aliphatic carbocycles. The first-order chi connectivity index (χ1) is 7.74. The van der Waals surface area contributed by atoms with Gasteiger partial charge in [-0.15, -0.1) is 0 Å². The van der Waals surface area contributed by atoms with E-state index in [1.165, 1.54) is 12.0 Å². The summed E-state index contributed by atoms with van der Waals surface area (Å²) in [5, 5.41) is 0. The molecule has 1 fully saturated rings. The van der Waals surface area contributed by atoms with Gasteiger partial charge in [0, 0.05) is 12.0 Å². The van der Waals surface area contributed by atoms with E-state index < -0.39 is 0 Å². The van der Waals surface area contributed by atoms with Crippen molar-refractivity contribution in [3.63, 3.8) is 0 Å². The van der Waals surface area contributed by atoms with Crippen molar-refractivity contribution in [2.24, 2.45) is 5.73 Å². The van der Waals surface area contributed by atoms with Crippen molar-refractivity contribution >= 4 is 11.0 Å². The highest BCUT2D eigenvalue weighted by molar-refractivity contribution is 5.78. The smallest absolute Gasteiger partial charge is 0.110 e. The molecule has 0 bridgehead atoms. The van der Waals surface area contributed by atoms with Crippen LogP contribution < -0.4 is 5.73 Å². The van der Waals surface area contributed by atoms with E-state index >= 15 is 0 Å². The number of hydrogen-bond donors (Lipinski definition) is 2. The Bertz CT molecular complexity index is 515. The summed E-state index contributed by atoms with van der Waals surface area (Å²) in [4.78, 5) is 8.15. The number of nitrogens with one attached hydrogen (secondary N) is 1. The summed E-state index contributed by atoms with van der Waals surface area (Å²) >= 11 is 0. The average molecular weight is 215 g/mol. The Morgan fingerprint density at radius 2 is 2.25 bits per heavy atom. The van der Waals surface area contributed by atoms with Gasteiger partial charge in [0.2, 0.25) is 0 Å². The van der Waals surface area contributed by atoms with Crippen LogP contribution in [0.2, 0.25) is 0 Å². The Kier molecular flexibility index (Phi) is 2.21. The monoisotopic (exact) mass is 215 g/mol. The number of aryl methyl sites for hydroxylation is 1.